The molecule has 1 amide bonds. The second-order valence-electron chi connectivity index (χ2n) is 6.53. The van der Waals surface area contributed by atoms with Crippen LogP contribution in [0, 0.1) is 0 Å². The van der Waals surface area contributed by atoms with Gasteiger partial charge in [-0.25, -0.2) is 0 Å². The zero-order chi connectivity index (χ0) is 16.8. The quantitative estimate of drug-likeness (QED) is 0.771. The molecule has 3 heterocycles. The van der Waals surface area contributed by atoms with Crippen molar-refractivity contribution in [3.63, 3.8) is 0 Å². The summed E-state index contributed by atoms with van der Waals surface area (Å²) in [4.78, 5) is 12.0. The first kappa shape index (κ1) is 14.5. The highest BCUT2D eigenvalue weighted by Gasteiger charge is 2.23. The molecule has 0 bridgehead atoms. The monoisotopic (exact) mass is 334 g/mol. The lowest BCUT2D eigenvalue weighted by Crippen LogP contribution is -2.29. The predicted molar refractivity (Wildman–Crippen MR) is 95.3 cm³/mol. The van der Waals surface area contributed by atoms with Crippen LogP contribution >= 0.6 is 0 Å². The molecule has 3 aromatic rings. The largest absolute Gasteiger partial charge is 0.453 e. The van der Waals surface area contributed by atoms with Crippen molar-refractivity contribution in [2.24, 2.45) is 0 Å². The Kier molecular flexibility index (Phi) is 3.24. The number of carbonyl (C=O) groups excluding carboxylic acids is 1. The topological polar surface area (TPSA) is 68.2 Å². The van der Waals surface area contributed by atoms with Crippen LogP contribution in [-0.4, -0.2) is 28.8 Å². The lowest BCUT2D eigenvalue weighted by Gasteiger charge is -2.22. The minimum absolute atomic E-state index is 0.0588. The predicted octanol–water partition coefficient (Wildman–Crippen LogP) is 3.32. The lowest BCUT2D eigenvalue weighted by atomic mass is 10.0. The Morgan fingerprint density at radius 3 is 2.92 bits per heavy atom. The maximum absolute atomic E-state index is 12.0. The zero-order valence-electron chi connectivity index (χ0n) is 13.7. The first-order valence-corrected chi connectivity index (χ1v) is 8.59. The van der Waals surface area contributed by atoms with Gasteiger partial charge in [-0.3, -0.25) is 9.48 Å². The number of rotatable bonds is 3. The molecule has 2 N–H and O–H groups in total. The Labute approximate surface area is 144 Å². The van der Waals surface area contributed by atoms with Crippen LogP contribution in [0.5, 0.6) is 11.5 Å². The summed E-state index contributed by atoms with van der Waals surface area (Å²) in [5.74, 6) is 1.40. The van der Waals surface area contributed by atoms with Crippen LogP contribution in [0.2, 0.25) is 0 Å². The highest BCUT2D eigenvalue weighted by Crippen LogP contribution is 2.39. The van der Waals surface area contributed by atoms with E-state index in [1.54, 1.807) is 6.20 Å². The number of ether oxygens (including phenoxy) is 1. The second kappa shape index (κ2) is 5.60. The van der Waals surface area contributed by atoms with Gasteiger partial charge in [0.05, 0.1) is 18.4 Å². The fourth-order valence-corrected chi connectivity index (χ4v) is 3.72. The summed E-state index contributed by atoms with van der Waals surface area (Å²) in [5, 5.41) is 12.6. The summed E-state index contributed by atoms with van der Waals surface area (Å²) >= 11 is 0. The molecule has 0 radical (unpaired) electrons. The van der Waals surface area contributed by atoms with E-state index in [0.29, 0.717) is 11.6 Å². The van der Waals surface area contributed by atoms with Gasteiger partial charge >= 0.3 is 0 Å². The summed E-state index contributed by atoms with van der Waals surface area (Å²) in [6.45, 7) is 2.05. The lowest BCUT2D eigenvalue weighted by molar-refractivity contribution is 0.103. The molecule has 0 spiro atoms. The van der Waals surface area contributed by atoms with Crippen LogP contribution < -0.4 is 15.4 Å². The second-order valence-corrected chi connectivity index (χ2v) is 6.53. The number of nitrogens with zero attached hydrogens (tertiary/aromatic N) is 2. The van der Waals surface area contributed by atoms with Crippen LogP contribution in [0.25, 0.3) is 10.8 Å². The van der Waals surface area contributed by atoms with Gasteiger partial charge in [-0.1, -0.05) is 12.1 Å². The molecule has 0 atom stereocenters. The summed E-state index contributed by atoms with van der Waals surface area (Å²) in [6, 6.07) is 9.92. The van der Waals surface area contributed by atoms with Crippen molar-refractivity contribution < 1.29 is 9.53 Å². The van der Waals surface area contributed by atoms with Crippen LogP contribution in [0.15, 0.2) is 42.7 Å². The van der Waals surface area contributed by atoms with Gasteiger partial charge in [-0.2, -0.15) is 5.10 Å². The average Bonchev–Trinajstić information content (AvgIpc) is 3.24. The van der Waals surface area contributed by atoms with Crippen LogP contribution in [0.1, 0.15) is 29.2 Å². The summed E-state index contributed by atoms with van der Waals surface area (Å²) < 4.78 is 8.10. The smallest absolute Gasteiger partial charge is 0.256 e. The SMILES string of the molecule is O=C1Nc2ccc(Oc3cnn(C4CCNCC4)c3)c3cccc1c23. The van der Waals surface area contributed by atoms with Crippen molar-refractivity contribution in [3.8, 4) is 11.5 Å². The van der Waals surface area contributed by atoms with Gasteiger partial charge in [0, 0.05) is 22.0 Å². The third-order valence-electron chi connectivity index (χ3n) is 4.98. The average molecular weight is 334 g/mol. The van der Waals surface area contributed by atoms with Crippen LogP contribution in [-0.2, 0) is 0 Å². The number of nitrogens with one attached hydrogen (secondary N) is 2. The molecule has 5 rings (SSSR count). The highest BCUT2D eigenvalue weighted by atomic mass is 16.5. The molecular formula is C19H18N4O2. The van der Waals surface area contributed by atoms with Gasteiger partial charge < -0.3 is 15.4 Å². The molecule has 126 valence electrons. The molecule has 1 saturated heterocycles. The summed E-state index contributed by atoms with van der Waals surface area (Å²) in [7, 11) is 0. The summed E-state index contributed by atoms with van der Waals surface area (Å²) in [6.07, 6.45) is 5.88. The standard InChI is InChI=1S/C19H18N4O2/c24-19-15-3-1-2-14-17(5-4-16(22-19)18(14)15)25-13-10-21-23(11-13)12-6-8-20-9-7-12/h1-5,10-12,20H,6-9H2,(H,22,24). The maximum Gasteiger partial charge on any atom is 0.256 e. The summed E-state index contributed by atoms with van der Waals surface area (Å²) in [5.41, 5.74) is 1.54. The number of aromatic nitrogens is 2. The normalized spacial score (nSPS) is 17.0. The van der Waals surface area contributed by atoms with E-state index in [0.717, 1.165) is 53.9 Å². The molecule has 0 unspecified atom stereocenters. The van der Waals surface area contributed by atoms with E-state index < -0.39 is 0 Å². The molecule has 1 aromatic heterocycles. The number of anilines is 1. The minimum Gasteiger partial charge on any atom is -0.453 e. The molecule has 6 nitrogen and oxygen atoms in total. The maximum atomic E-state index is 12.0. The highest BCUT2D eigenvalue weighted by molar-refractivity contribution is 6.24. The number of hydrogen-bond donors (Lipinski definition) is 2. The molecule has 1 fully saturated rings. The number of piperidine rings is 1. The van der Waals surface area contributed by atoms with E-state index in [-0.39, 0.29) is 5.91 Å². The number of amides is 1. The molecule has 6 heteroatoms. The van der Waals surface area contributed by atoms with Crippen molar-refractivity contribution in [2.45, 2.75) is 18.9 Å². The Morgan fingerprint density at radius 2 is 2.04 bits per heavy atom. The van der Waals surface area contributed by atoms with Gasteiger partial charge in [0.25, 0.3) is 5.91 Å². The van der Waals surface area contributed by atoms with E-state index >= 15 is 0 Å². The molecule has 2 aliphatic heterocycles. The first-order chi connectivity index (χ1) is 12.3. The third-order valence-corrected chi connectivity index (χ3v) is 4.98. The van der Waals surface area contributed by atoms with E-state index in [2.05, 4.69) is 15.7 Å². The van der Waals surface area contributed by atoms with Crippen molar-refractivity contribution in [1.82, 2.24) is 15.1 Å². The molecule has 2 aliphatic rings. The third kappa shape index (κ3) is 2.37. The Balaban J connectivity index is 1.48. The van der Waals surface area contributed by atoms with Gasteiger partial charge in [0.2, 0.25) is 0 Å². The van der Waals surface area contributed by atoms with E-state index in [1.165, 1.54) is 0 Å². The Morgan fingerprint density at radius 1 is 1.16 bits per heavy atom. The number of benzene rings is 2. The molecule has 25 heavy (non-hydrogen) atoms. The number of carbonyl (C=O) groups is 1. The Bertz CT molecular complexity index is 973. The molecule has 0 saturated carbocycles. The number of hydrogen-bond acceptors (Lipinski definition) is 4. The first-order valence-electron chi connectivity index (χ1n) is 8.59. The van der Waals surface area contributed by atoms with Gasteiger partial charge in [0.1, 0.15) is 5.75 Å². The van der Waals surface area contributed by atoms with Crippen molar-refractivity contribution in [2.75, 3.05) is 18.4 Å². The zero-order valence-corrected chi connectivity index (χ0v) is 13.7. The fraction of sp³-hybridized carbons (Fsp3) is 0.263. The Hall–Kier alpha value is -2.86. The molecule has 2 aromatic carbocycles. The van der Waals surface area contributed by atoms with E-state index in [1.807, 2.05) is 41.2 Å². The van der Waals surface area contributed by atoms with Crippen molar-refractivity contribution >= 4 is 22.4 Å². The van der Waals surface area contributed by atoms with Crippen LogP contribution in [0.4, 0.5) is 5.69 Å². The van der Waals surface area contributed by atoms with Crippen molar-refractivity contribution in [3.05, 3.63) is 48.3 Å². The molecular weight excluding hydrogens is 316 g/mol. The van der Waals surface area contributed by atoms with Gasteiger partial charge in [-0.05, 0) is 44.1 Å². The van der Waals surface area contributed by atoms with Crippen LogP contribution in [0.3, 0.4) is 0 Å². The van der Waals surface area contributed by atoms with Gasteiger partial charge in [-0.15, -0.1) is 0 Å². The van der Waals surface area contributed by atoms with E-state index in [9.17, 15) is 4.79 Å². The molecule has 0 aliphatic carbocycles. The van der Waals surface area contributed by atoms with Gasteiger partial charge in [0.15, 0.2) is 5.75 Å². The minimum atomic E-state index is -0.0588. The van der Waals surface area contributed by atoms with E-state index in [4.69, 9.17) is 4.74 Å². The fourth-order valence-electron chi connectivity index (χ4n) is 3.72. The van der Waals surface area contributed by atoms with Crippen molar-refractivity contribution in [1.29, 1.82) is 0 Å².